The normalized spacial score (nSPS) is 22.7. The highest BCUT2D eigenvalue weighted by Gasteiger charge is 2.33. The Balaban J connectivity index is 1.64. The maximum Gasteiger partial charge on any atom is 0.276 e. The zero-order valence-corrected chi connectivity index (χ0v) is 18.4. The van der Waals surface area contributed by atoms with Gasteiger partial charge in [-0.15, -0.1) is 0 Å². The zero-order valence-electron chi connectivity index (χ0n) is 18.4. The minimum Gasteiger partial charge on any atom is -0.397 e. The Bertz CT molecular complexity index is 1150. The molecule has 6 nitrogen and oxygen atoms in total. The quantitative estimate of drug-likeness (QED) is 0.530. The van der Waals surface area contributed by atoms with Gasteiger partial charge in [-0.1, -0.05) is 19.9 Å². The molecule has 33 heavy (non-hydrogen) atoms. The molecular formula is C25H26F2N4O2. The second-order valence-electron chi connectivity index (χ2n) is 8.76. The summed E-state index contributed by atoms with van der Waals surface area (Å²) < 4.78 is 28.5. The lowest BCUT2D eigenvalue weighted by atomic mass is 9.72. The Morgan fingerprint density at radius 3 is 2.42 bits per heavy atom. The van der Waals surface area contributed by atoms with E-state index in [9.17, 15) is 18.7 Å². The Hall–Kier alpha value is -3.39. The van der Waals surface area contributed by atoms with Gasteiger partial charge < -0.3 is 16.2 Å². The fourth-order valence-corrected chi connectivity index (χ4v) is 4.67. The number of nitrogens with zero attached hydrogens (tertiary/aromatic N) is 2. The number of aliphatic hydroxyl groups excluding tert-OH is 1. The standard InChI is InChI=1S/C25H26F2N4O2/c1-13-10-15(11-14(2)24(13)32)16-8-9-29-12-21(16)31-25(33)23-19(28)6-7-20(30-23)22-17(26)4-3-5-18(22)27/h3-9,12-15,24,32H,10-11,28H2,1-2H3,(H,31,33)/t13-,14+,15?,24?. The molecule has 4 N–H and O–H groups in total. The number of aromatic nitrogens is 2. The fraction of sp³-hybridized carbons (Fsp3) is 0.320. The van der Waals surface area contributed by atoms with Crippen LogP contribution in [-0.2, 0) is 0 Å². The van der Waals surface area contributed by atoms with Crippen molar-refractivity contribution in [1.82, 2.24) is 9.97 Å². The third kappa shape index (κ3) is 4.57. The first-order valence-corrected chi connectivity index (χ1v) is 10.9. The number of carbonyl (C=O) groups is 1. The maximum absolute atomic E-state index is 14.2. The summed E-state index contributed by atoms with van der Waals surface area (Å²) in [6, 6.07) is 8.15. The van der Waals surface area contributed by atoms with Crippen molar-refractivity contribution in [3.63, 3.8) is 0 Å². The van der Waals surface area contributed by atoms with Crippen LogP contribution in [0.5, 0.6) is 0 Å². The van der Waals surface area contributed by atoms with Crippen LogP contribution in [0.1, 0.15) is 48.7 Å². The van der Waals surface area contributed by atoms with E-state index in [4.69, 9.17) is 5.73 Å². The molecule has 0 radical (unpaired) electrons. The van der Waals surface area contributed by atoms with Crippen LogP contribution in [0.3, 0.4) is 0 Å². The number of rotatable bonds is 4. The van der Waals surface area contributed by atoms with E-state index in [0.717, 1.165) is 30.5 Å². The second kappa shape index (κ2) is 9.23. The van der Waals surface area contributed by atoms with Crippen LogP contribution in [0.25, 0.3) is 11.3 Å². The van der Waals surface area contributed by atoms with E-state index in [1.807, 2.05) is 19.9 Å². The molecule has 3 aromatic rings. The van der Waals surface area contributed by atoms with Crippen molar-refractivity contribution in [2.24, 2.45) is 11.8 Å². The predicted octanol–water partition coefficient (Wildman–Crippen LogP) is 4.77. The van der Waals surface area contributed by atoms with Crippen LogP contribution in [0.4, 0.5) is 20.2 Å². The molecule has 1 saturated carbocycles. The number of amides is 1. The average Bonchev–Trinajstić information content (AvgIpc) is 2.78. The van der Waals surface area contributed by atoms with Gasteiger partial charge in [0, 0.05) is 6.20 Å². The number of benzene rings is 1. The first-order chi connectivity index (χ1) is 15.8. The molecule has 0 saturated heterocycles. The highest BCUT2D eigenvalue weighted by atomic mass is 19.1. The van der Waals surface area contributed by atoms with Crippen molar-refractivity contribution >= 4 is 17.3 Å². The van der Waals surface area contributed by atoms with Gasteiger partial charge in [0.2, 0.25) is 0 Å². The van der Waals surface area contributed by atoms with E-state index in [0.29, 0.717) is 5.69 Å². The zero-order chi connectivity index (χ0) is 23.7. The van der Waals surface area contributed by atoms with Gasteiger partial charge in [-0.2, -0.15) is 0 Å². The number of nitrogens with one attached hydrogen (secondary N) is 1. The lowest BCUT2D eigenvalue weighted by molar-refractivity contribution is 0.0252. The summed E-state index contributed by atoms with van der Waals surface area (Å²) in [5.41, 5.74) is 7.01. The first-order valence-electron chi connectivity index (χ1n) is 10.9. The maximum atomic E-state index is 14.2. The number of hydrogen-bond donors (Lipinski definition) is 3. The fourth-order valence-electron chi connectivity index (χ4n) is 4.67. The molecule has 0 aliphatic heterocycles. The van der Waals surface area contributed by atoms with Gasteiger partial charge in [-0.3, -0.25) is 9.78 Å². The van der Waals surface area contributed by atoms with E-state index >= 15 is 0 Å². The molecule has 8 heteroatoms. The molecule has 0 bridgehead atoms. The van der Waals surface area contributed by atoms with Gasteiger partial charge >= 0.3 is 0 Å². The van der Waals surface area contributed by atoms with Crippen LogP contribution in [0, 0.1) is 23.5 Å². The topological polar surface area (TPSA) is 101 Å². The van der Waals surface area contributed by atoms with Crippen molar-refractivity contribution < 1.29 is 18.7 Å². The molecule has 1 aliphatic carbocycles. The third-order valence-corrected chi connectivity index (χ3v) is 6.38. The molecular weight excluding hydrogens is 426 g/mol. The summed E-state index contributed by atoms with van der Waals surface area (Å²) in [5.74, 6) is -1.77. The molecule has 0 spiro atoms. The molecule has 1 aromatic carbocycles. The van der Waals surface area contributed by atoms with Crippen LogP contribution in [0.15, 0.2) is 48.8 Å². The van der Waals surface area contributed by atoms with Crippen molar-refractivity contribution in [2.75, 3.05) is 11.1 Å². The van der Waals surface area contributed by atoms with Gasteiger partial charge in [0.05, 0.1) is 34.9 Å². The third-order valence-electron chi connectivity index (χ3n) is 6.38. The molecule has 4 rings (SSSR count). The minimum atomic E-state index is -0.782. The lowest BCUT2D eigenvalue weighted by Crippen LogP contribution is -2.33. The number of pyridine rings is 2. The Morgan fingerprint density at radius 2 is 1.76 bits per heavy atom. The number of halogens is 2. The summed E-state index contributed by atoms with van der Waals surface area (Å²) in [4.78, 5) is 21.4. The van der Waals surface area contributed by atoms with Crippen molar-refractivity contribution in [3.05, 3.63) is 71.7 Å². The Morgan fingerprint density at radius 1 is 1.09 bits per heavy atom. The van der Waals surface area contributed by atoms with Crippen LogP contribution in [0.2, 0.25) is 0 Å². The van der Waals surface area contributed by atoms with Crippen LogP contribution < -0.4 is 11.1 Å². The van der Waals surface area contributed by atoms with Gasteiger partial charge in [-0.05, 0) is 66.5 Å². The van der Waals surface area contributed by atoms with Crippen LogP contribution >= 0.6 is 0 Å². The summed E-state index contributed by atoms with van der Waals surface area (Å²) in [7, 11) is 0. The van der Waals surface area contributed by atoms with Crippen molar-refractivity contribution in [3.8, 4) is 11.3 Å². The molecule has 2 aromatic heterocycles. The Kier molecular flexibility index (Phi) is 6.37. The molecule has 1 fully saturated rings. The highest BCUT2D eigenvalue weighted by Crippen LogP contribution is 2.41. The number of carbonyl (C=O) groups excluding carboxylic acids is 1. The van der Waals surface area contributed by atoms with Gasteiger partial charge in [0.1, 0.15) is 11.6 Å². The van der Waals surface area contributed by atoms with Gasteiger partial charge in [0.25, 0.3) is 5.91 Å². The Labute approximate surface area is 190 Å². The largest absolute Gasteiger partial charge is 0.397 e. The minimum absolute atomic E-state index is 0.0275. The molecule has 2 unspecified atom stereocenters. The summed E-state index contributed by atoms with van der Waals surface area (Å²) >= 11 is 0. The van der Waals surface area contributed by atoms with Gasteiger partial charge in [-0.25, -0.2) is 13.8 Å². The van der Waals surface area contributed by atoms with Gasteiger partial charge in [0.15, 0.2) is 5.69 Å². The van der Waals surface area contributed by atoms with E-state index in [1.54, 1.807) is 12.4 Å². The SMILES string of the molecule is C[C@@H]1CC(c2ccncc2NC(=O)c2nc(-c3c(F)cccc3F)ccc2N)C[C@H](C)C1O. The average molecular weight is 453 g/mol. The number of nitrogens with two attached hydrogens (primary N) is 1. The number of anilines is 2. The van der Waals surface area contributed by atoms with Crippen LogP contribution in [-0.4, -0.2) is 27.1 Å². The number of aliphatic hydroxyl groups is 1. The molecule has 4 atom stereocenters. The van der Waals surface area contributed by atoms with E-state index in [-0.39, 0.29) is 46.5 Å². The smallest absolute Gasteiger partial charge is 0.276 e. The number of nitrogen functional groups attached to an aromatic ring is 1. The summed E-state index contributed by atoms with van der Waals surface area (Å²) in [5, 5.41) is 13.1. The predicted molar refractivity (Wildman–Crippen MR) is 123 cm³/mol. The monoisotopic (exact) mass is 452 g/mol. The summed E-state index contributed by atoms with van der Waals surface area (Å²) in [6.07, 6.45) is 4.43. The van der Waals surface area contributed by atoms with E-state index in [1.165, 1.54) is 18.2 Å². The van der Waals surface area contributed by atoms with E-state index < -0.39 is 17.5 Å². The molecule has 1 aliphatic rings. The molecule has 1 amide bonds. The number of hydrogen-bond acceptors (Lipinski definition) is 5. The van der Waals surface area contributed by atoms with Crippen molar-refractivity contribution in [2.45, 2.75) is 38.7 Å². The summed E-state index contributed by atoms with van der Waals surface area (Å²) in [6.45, 7) is 4.04. The van der Waals surface area contributed by atoms with Crippen molar-refractivity contribution in [1.29, 1.82) is 0 Å². The molecule has 2 heterocycles. The second-order valence-corrected chi connectivity index (χ2v) is 8.76. The highest BCUT2D eigenvalue weighted by molar-refractivity contribution is 6.06. The lowest BCUT2D eigenvalue weighted by Gasteiger charge is -2.36. The first kappa shape index (κ1) is 22.8. The van der Waals surface area contributed by atoms with E-state index in [2.05, 4.69) is 15.3 Å². The molecule has 172 valence electrons.